The van der Waals surface area contributed by atoms with Crippen molar-refractivity contribution in [1.82, 2.24) is 29.0 Å². The first-order valence-corrected chi connectivity index (χ1v) is 11.9. The second-order valence-corrected chi connectivity index (χ2v) is 9.56. The van der Waals surface area contributed by atoms with Crippen LogP contribution in [0.3, 0.4) is 0 Å². The number of hydrogen-bond acceptors (Lipinski definition) is 5. The molecule has 0 saturated carbocycles. The number of fused-ring (bicyclic) bond motifs is 3. The molecule has 3 aromatic rings. The second kappa shape index (κ2) is 8.25. The molecule has 3 aromatic heterocycles. The molecule has 1 amide bonds. The number of nitrogens with zero attached hydrogens (tertiary/aromatic N) is 7. The van der Waals surface area contributed by atoms with Gasteiger partial charge in [-0.3, -0.25) is 9.69 Å². The number of aryl methyl sites for hydroxylation is 1. The van der Waals surface area contributed by atoms with Crippen LogP contribution in [0.5, 0.6) is 0 Å². The van der Waals surface area contributed by atoms with Crippen LogP contribution < -0.4 is 4.90 Å². The summed E-state index contributed by atoms with van der Waals surface area (Å²) in [6.45, 7) is 6.44. The molecule has 0 atom stereocenters. The first-order chi connectivity index (χ1) is 16.6. The van der Waals surface area contributed by atoms with E-state index in [4.69, 9.17) is 0 Å². The van der Waals surface area contributed by atoms with Crippen molar-refractivity contribution in [3.63, 3.8) is 0 Å². The molecule has 2 aliphatic heterocycles. The quantitative estimate of drug-likeness (QED) is 0.565. The molecule has 0 aliphatic carbocycles. The number of piperidine rings is 1. The molecule has 1 fully saturated rings. The van der Waals surface area contributed by atoms with Gasteiger partial charge in [-0.15, -0.1) is 0 Å². The minimum absolute atomic E-state index is 0.150. The van der Waals surface area contributed by atoms with Crippen LogP contribution in [0, 0.1) is 6.92 Å². The van der Waals surface area contributed by atoms with Crippen LogP contribution in [0.4, 0.5) is 19.0 Å². The minimum Gasteiger partial charge on any atom is -0.360 e. The van der Waals surface area contributed by atoms with Gasteiger partial charge >= 0.3 is 6.18 Å². The van der Waals surface area contributed by atoms with Gasteiger partial charge in [-0.2, -0.15) is 22.8 Å². The van der Waals surface area contributed by atoms with Crippen molar-refractivity contribution in [2.75, 3.05) is 45.2 Å². The minimum atomic E-state index is -4.38. The van der Waals surface area contributed by atoms with E-state index in [-0.39, 0.29) is 5.91 Å². The number of hydrogen-bond donors (Lipinski definition) is 0. The third-order valence-electron chi connectivity index (χ3n) is 7.69. The molecule has 5 rings (SSSR count). The van der Waals surface area contributed by atoms with Crippen molar-refractivity contribution < 1.29 is 18.0 Å². The fourth-order valence-corrected chi connectivity index (χ4v) is 5.56. The van der Waals surface area contributed by atoms with E-state index in [0.29, 0.717) is 55.9 Å². The standard InChI is InChI=1S/C24H30F3N7O/c1-5-30(3)20-14-16(2)29-21-17(15-28-34(20)21)22(35)32-10-8-23(9-11-32)18-6-7-19(24(25,26)27)33(18)13-12-31(23)4/h6-7,14-15H,5,8-13H2,1-4H3. The molecule has 0 unspecified atom stereocenters. The third-order valence-corrected chi connectivity index (χ3v) is 7.69. The molecule has 11 heteroatoms. The monoisotopic (exact) mass is 489 g/mol. The first kappa shape index (κ1) is 23.7. The van der Waals surface area contributed by atoms with Gasteiger partial charge in [0.25, 0.3) is 5.91 Å². The highest BCUT2D eigenvalue weighted by Crippen LogP contribution is 2.44. The van der Waals surface area contributed by atoms with Crippen molar-refractivity contribution in [1.29, 1.82) is 0 Å². The summed E-state index contributed by atoms with van der Waals surface area (Å²) in [5, 5.41) is 4.44. The Hall–Kier alpha value is -3.08. The Morgan fingerprint density at radius 2 is 1.89 bits per heavy atom. The number of likely N-dealkylation sites (N-methyl/N-ethyl adjacent to an activating group) is 1. The van der Waals surface area contributed by atoms with E-state index in [1.807, 2.05) is 38.9 Å². The Kier molecular flexibility index (Phi) is 5.58. The number of alkyl halides is 3. The number of amides is 1. The van der Waals surface area contributed by atoms with Crippen molar-refractivity contribution >= 4 is 17.4 Å². The van der Waals surface area contributed by atoms with Crippen LogP contribution in [0.25, 0.3) is 5.65 Å². The molecule has 0 bridgehead atoms. The number of aromatic nitrogens is 4. The first-order valence-electron chi connectivity index (χ1n) is 11.9. The zero-order valence-corrected chi connectivity index (χ0v) is 20.4. The molecular weight excluding hydrogens is 459 g/mol. The Labute approximate surface area is 201 Å². The molecule has 1 spiro atoms. The Morgan fingerprint density at radius 1 is 1.17 bits per heavy atom. The van der Waals surface area contributed by atoms with Crippen LogP contribution >= 0.6 is 0 Å². The molecule has 35 heavy (non-hydrogen) atoms. The predicted molar refractivity (Wildman–Crippen MR) is 126 cm³/mol. The smallest absolute Gasteiger partial charge is 0.360 e. The maximum absolute atomic E-state index is 13.5. The Morgan fingerprint density at radius 3 is 2.54 bits per heavy atom. The molecule has 5 heterocycles. The van der Waals surface area contributed by atoms with Gasteiger partial charge in [0.05, 0.1) is 11.7 Å². The normalized spacial score (nSPS) is 18.3. The highest BCUT2D eigenvalue weighted by molar-refractivity contribution is 6.00. The van der Waals surface area contributed by atoms with Crippen LogP contribution in [-0.4, -0.2) is 75.1 Å². The number of anilines is 1. The van der Waals surface area contributed by atoms with Gasteiger partial charge in [0.1, 0.15) is 17.1 Å². The van der Waals surface area contributed by atoms with E-state index >= 15 is 0 Å². The van der Waals surface area contributed by atoms with Gasteiger partial charge in [-0.25, -0.2) is 4.98 Å². The molecule has 1 saturated heterocycles. The molecule has 2 aliphatic rings. The maximum atomic E-state index is 13.5. The van der Waals surface area contributed by atoms with Crippen molar-refractivity contribution in [2.24, 2.45) is 0 Å². The van der Waals surface area contributed by atoms with E-state index in [1.54, 1.807) is 21.7 Å². The van der Waals surface area contributed by atoms with Gasteiger partial charge < -0.3 is 14.4 Å². The topological polar surface area (TPSA) is 61.9 Å². The highest BCUT2D eigenvalue weighted by Gasteiger charge is 2.47. The molecule has 0 N–H and O–H groups in total. The van der Waals surface area contributed by atoms with Gasteiger partial charge in [-0.05, 0) is 45.9 Å². The molecular formula is C24H30F3N7O. The molecule has 188 valence electrons. The van der Waals surface area contributed by atoms with E-state index < -0.39 is 17.4 Å². The zero-order valence-electron chi connectivity index (χ0n) is 20.4. The number of likely N-dealkylation sites (tertiary alicyclic amines) is 1. The number of halogens is 3. The van der Waals surface area contributed by atoms with E-state index in [1.165, 1.54) is 10.6 Å². The van der Waals surface area contributed by atoms with Gasteiger partial charge in [-0.1, -0.05) is 0 Å². The summed E-state index contributed by atoms with van der Waals surface area (Å²) in [7, 11) is 3.92. The highest BCUT2D eigenvalue weighted by atomic mass is 19.4. The van der Waals surface area contributed by atoms with Crippen LogP contribution in [-0.2, 0) is 18.3 Å². The van der Waals surface area contributed by atoms with Crippen molar-refractivity contribution in [3.05, 3.63) is 47.0 Å². The summed E-state index contributed by atoms with van der Waals surface area (Å²) in [6, 6.07) is 4.73. The Balaban J connectivity index is 1.42. The SMILES string of the molecule is CCN(C)c1cc(C)nc2c(C(=O)N3CCC4(CC3)c3ccc(C(F)(F)F)n3CCN4C)cnn12. The lowest BCUT2D eigenvalue weighted by molar-refractivity contribution is -0.144. The zero-order chi connectivity index (χ0) is 25.1. The summed E-state index contributed by atoms with van der Waals surface area (Å²) >= 11 is 0. The average Bonchev–Trinajstić information content (AvgIpc) is 3.45. The lowest BCUT2D eigenvalue weighted by atomic mass is 9.81. The van der Waals surface area contributed by atoms with Crippen LogP contribution in [0.2, 0.25) is 0 Å². The van der Waals surface area contributed by atoms with E-state index in [2.05, 4.69) is 15.0 Å². The Bertz CT molecular complexity index is 1270. The number of carbonyl (C=O) groups is 1. The largest absolute Gasteiger partial charge is 0.431 e. The molecule has 8 nitrogen and oxygen atoms in total. The summed E-state index contributed by atoms with van der Waals surface area (Å²) in [5.41, 5.74) is 1.32. The summed E-state index contributed by atoms with van der Waals surface area (Å²) in [6.07, 6.45) is -1.70. The van der Waals surface area contributed by atoms with Crippen molar-refractivity contribution in [2.45, 2.75) is 44.9 Å². The number of carbonyl (C=O) groups excluding carboxylic acids is 1. The van der Waals surface area contributed by atoms with E-state index in [9.17, 15) is 18.0 Å². The maximum Gasteiger partial charge on any atom is 0.431 e. The average molecular weight is 490 g/mol. The lowest BCUT2D eigenvalue weighted by Gasteiger charge is -2.50. The fourth-order valence-electron chi connectivity index (χ4n) is 5.56. The fraction of sp³-hybridized carbons (Fsp3) is 0.542. The second-order valence-electron chi connectivity index (χ2n) is 9.56. The van der Waals surface area contributed by atoms with Gasteiger partial charge in [0.2, 0.25) is 0 Å². The third kappa shape index (κ3) is 3.67. The van der Waals surface area contributed by atoms with Gasteiger partial charge in [0.15, 0.2) is 5.65 Å². The van der Waals surface area contributed by atoms with Crippen LogP contribution in [0.1, 0.15) is 47.2 Å². The lowest BCUT2D eigenvalue weighted by Crippen LogP contribution is -2.56. The van der Waals surface area contributed by atoms with E-state index in [0.717, 1.165) is 18.1 Å². The summed E-state index contributed by atoms with van der Waals surface area (Å²) in [4.78, 5) is 24.1. The van der Waals surface area contributed by atoms with Crippen molar-refractivity contribution in [3.8, 4) is 0 Å². The summed E-state index contributed by atoms with van der Waals surface area (Å²) < 4.78 is 43.7. The number of rotatable bonds is 3. The molecule has 0 aromatic carbocycles. The molecule has 0 radical (unpaired) electrons. The predicted octanol–water partition coefficient (Wildman–Crippen LogP) is 3.39. The van der Waals surface area contributed by atoms with Gasteiger partial charge in [0, 0.05) is 57.2 Å². The van der Waals surface area contributed by atoms with Crippen LogP contribution in [0.15, 0.2) is 24.4 Å². The summed E-state index contributed by atoms with van der Waals surface area (Å²) in [5.74, 6) is 0.708.